The van der Waals surface area contributed by atoms with Crippen LogP contribution in [0.4, 0.5) is 18.0 Å². The number of amides is 4. The van der Waals surface area contributed by atoms with Crippen LogP contribution in [-0.2, 0) is 40.1 Å². The normalized spacial score (nSPS) is 29.3. The van der Waals surface area contributed by atoms with Crippen LogP contribution in [0.3, 0.4) is 0 Å². The van der Waals surface area contributed by atoms with Gasteiger partial charge in [0.2, 0.25) is 21.8 Å². The van der Waals surface area contributed by atoms with Gasteiger partial charge in [-0.25, -0.2) is 22.9 Å². The van der Waals surface area contributed by atoms with Crippen molar-refractivity contribution in [2.45, 2.75) is 131 Å². The van der Waals surface area contributed by atoms with Crippen LogP contribution in [0.2, 0.25) is 0 Å². The Kier molecular flexibility index (Phi) is 12.1. The zero-order valence-electron chi connectivity index (χ0n) is 37.1. The summed E-state index contributed by atoms with van der Waals surface area (Å²) in [4.78, 5) is 65.0. The van der Waals surface area contributed by atoms with Crippen molar-refractivity contribution in [3.05, 3.63) is 41.6 Å². The number of methoxy groups -OCH3 is 1. The first-order valence-corrected chi connectivity index (χ1v) is 23.5. The fraction of sp³-hybridized carbons (Fsp3) is 0.622. The second-order valence-electron chi connectivity index (χ2n) is 19.1. The number of hydrogen-bond donors (Lipinski definition) is 3. The van der Waals surface area contributed by atoms with Crippen LogP contribution in [0.1, 0.15) is 103 Å². The summed E-state index contributed by atoms with van der Waals surface area (Å²) in [5.41, 5.74) is -5.70. The summed E-state index contributed by atoms with van der Waals surface area (Å²) in [5.74, 6) is 1.74. The molecule has 1 aromatic carbocycles. The molecule has 6 atom stereocenters. The topological polar surface area (TPSA) is 195 Å². The van der Waals surface area contributed by atoms with Crippen molar-refractivity contribution in [3.8, 4) is 23.3 Å². The number of morpholine rings is 1. The average Bonchev–Trinajstić information content (AvgIpc) is 3.90. The number of carbonyl (C=O) groups is 4. The van der Waals surface area contributed by atoms with Crippen LogP contribution in [0, 0.1) is 17.8 Å². The monoisotopic (exact) mass is 928 g/mol. The van der Waals surface area contributed by atoms with Crippen LogP contribution >= 0.6 is 0 Å². The fourth-order valence-corrected chi connectivity index (χ4v) is 10.7. The first-order valence-electron chi connectivity index (χ1n) is 22.1. The largest absolute Gasteiger partial charge is 0.497 e. The molecule has 3 N–H and O–H groups in total. The van der Waals surface area contributed by atoms with Crippen LogP contribution in [0.5, 0.6) is 11.5 Å². The van der Waals surface area contributed by atoms with Gasteiger partial charge < -0.3 is 34.5 Å². The number of rotatable bonds is 6. The molecule has 65 heavy (non-hydrogen) atoms. The van der Waals surface area contributed by atoms with Gasteiger partial charge in [0.1, 0.15) is 29.0 Å². The smallest absolute Gasteiger partial charge is 0.437 e. The molecule has 3 fully saturated rings. The molecule has 0 radical (unpaired) electrons. The van der Waals surface area contributed by atoms with Gasteiger partial charge in [0.15, 0.2) is 17.0 Å². The maximum atomic E-state index is 15.3. The van der Waals surface area contributed by atoms with Crippen LogP contribution in [0.15, 0.2) is 30.4 Å². The highest BCUT2D eigenvalue weighted by molar-refractivity contribution is 7.91. The maximum absolute atomic E-state index is 15.3. The molecular formula is C45H55F3N6O10S. The molecule has 2 aromatic rings. The standard InChI is InChI=1S/C45H55F3N6O10S/c1-41(2,3)64-40(58)50-31-12-10-8-6-7-9-11-27-15-16-44(27,39(57)52-65(59,60)42(4)17-18-42)51-37(55)33-25-43(26-54(33)38(31)56)24-32(53-19-21-62-22-20-53)34-29-23-28(61-5)13-14-30(29)49-36(35(34)63-43)45(46,47)48/h9,11,13-14,23,27,31-33H,6-8,10,12,17-22,24-26H2,1-5H3,(H,50,58)(H,51,55)(H,52,57). The molecule has 6 unspecified atom stereocenters. The quantitative estimate of drug-likeness (QED) is 0.269. The Labute approximate surface area is 375 Å². The van der Waals surface area contributed by atoms with E-state index in [1.54, 1.807) is 39.0 Å². The molecule has 16 nitrogen and oxygen atoms in total. The SMILES string of the molecule is COc1ccc2nc(C(F)(F)F)c3c(c2c1)C(N1CCOCC1)CC1(CC2C(=O)NC4(C(=O)NS(=O)(=O)C5(C)CC5)C#CC4C=CCCCCCC(NC(=O)OC(C)(C)C)C(=O)N2C1)O3. The van der Waals surface area contributed by atoms with Crippen molar-refractivity contribution in [2.24, 2.45) is 5.92 Å². The predicted molar refractivity (Wildman–Crippen MR) is 229 cm³/mol. The summed E-state index contributed by atoms with van der Waals surface area (Å²) < 4.78 is 97.0. The van der Waals surface area contributed by atoms with Gasteiger partial charge in [-0.3, -0.25) is 19.3 Å². The van der Waals surface area contributed by atoms with E-state index in [9.17, 15) is 18.0 Å². The highest BCUT2D eigenvalue weighted by Gasteiger charge is 2.60. The average molecular weight is 929 g/mol. The minimum Gasteiger partial charge on any atom is -0.497 e. The zero-order chi connectivity index (χ0) is 46.7. The molecule has 1 spiro atoms. The number of nitrogens with one attached hydrogen (secondary N) is 3. The Morgan fingerprint density at radius 2 is 1.77 bits per heavy atom. The van der Waals surface area contributed by atoms with Crippen LogP contribution in [0.25, 0.3) is 10.9 Å². The molecule has 2 aliphatic carbocycles. The Bertz CT molecular complexity index is 2470. The van der Waals surface area contributed by atoms with E-state index in [0.717, 1.165) is 0 Å². The highest BCUT2D eigenvalue weighted by Crippen LogP contribution is 2.54. The van der Waals surface area contributed by atoms with Gasteiger partial charge in [-0.05, 0) is 78.0 Å². The lowest BCUT2D eigenvalue weighted by atomic mass is 9.75. The number of sulfonamides is 1. The number of carbonyl (C=O) groups excluding carboxylic acids is 4. The van der Waals surface area contributed by atoms with Crippen molar-refractivity contribution in [1.29, 1.82) is 0 Å². The number of pyridine rings is 1. The first kappa shape index (κ1) is 46.4. The van der Waals surface area contributed by atoms with Gasteiger partial charge in [0.05, 0.1) is 43.0 Å². The Balaban J connectivity index is 1.25. The molecule has 20 heteroatoms. The summed E-state index contributed by atoms with van der Waals surface area (Å²) in [6, 6.07) is 1.05. The van der Waals surface area contributed by atoms with E-state index in [1.807, 2.05) is 4.90 Å². The van der Waals surface area contributed by atoms with E-state index >= 15 is 22.8 Å². The summed E-state index contributed by atoms with van der Waals surface area (Å²) in [7, 11) is -2.77. The third-order valence-electron chi connectivity index (χ3n) is 13.2. The second kappa shape index (κ2) is 16.9. The second-order valence-corrected chi connectivity index (χ2v) is 21.3. The molecule has 1 saturated carbocycles. The van der Waals surface area contributed by atoms with Crippen molar-refractivity contribution in [2.75, 3.05) is 40.0 Å². The third kappa shape index (κ3) is 9.07. The molecule has 352 valence electrons. The molecule has 4 amide bonds. The molecule has 2 saturated heterocycles. The van der Waals surface area contributed by atoms with Crippen molar-refractivity contribution >= 4 is 44.7 Å². The molecule has 8 rings (SSSR count). The van der Waals surface area contributed by atoms with E-state index in [-0.39, 0.29) is 30.3 Å². The molecule has 0 bridgehead atoms. The highest BCUT2D eigenvalue weighted by atomic mass is 32.2. The van der Waals surface area contributed by atoms with Gasteiger partial charge in [0, 0.05) is 42.9 Å². The summed E-state index contributed by atoms with van der Waals surface area (Å²) in [6.45, 7) is 7.35. The third-order valence-corrected chi connectivity index (χ3v) is 15.4. The van der Waals surface area contributed by atoms with Gasteiger partial charge in [0.25, 0.3) is 5.91 Å². The van der Waals surface area contributed by atoms with E-state index in [0.29, 0.717) is 76.0 Å². The number of nitrogens with zero attached hydrogens (tertiary/aromatic N) is 3. The molecule has 1 aromatic heterocycles. The predicted octanol–water partition coefficient (Wildman–Crippen LogP) is 4.66. The minimum absolute atomic E-state index is 0.00103. The number of benzene rings is 1. The number of alkyl halides is 3. The van der Waals surface area contributed by atoms with Gasteiger partial charge in [-0.1, -0.05) is 36.8 Å². The first-order chi connectivity index (χ1) is 30.6. The number of aromatic nitrogens is 1. The van der Waals surface area contributed by atoms with Crippen molar-refractivity contribution in [1.82, 2.24) is 30.1 Å². The van der Waals surface area contributed by atoms with Gasteiger partial charge >= 0.3 is 12.3 Å². The lowest BCUT2D eigenvalue weighted by Crippen LogP contribution is -2.68. The van der Waals surface area contributed by atoms with Gasteiger partial charge in [-0.2, -0.15) is 13.2 Å². The Morgan fingerprint density at radius 3 is 2.42 bits per heavy atom. The summed E-state index contributed by atoms with van der Waals surface area (Å²) >= 11 is 0. The molecule has 4 aliphatic heterocycles. The van der Waals surface area contributed by atoms with E-state index < -0.39 is 104 Å². The minimum atomic E-state index is -5.01. The van der Waals surface area contributed by atoms with E-state index in [2.05, 4.69) is 32.2 Å². The fourth-order valence-electron chi connectivity index (χ4n) is 9.38. The summed E-state index contributed by atoms with van der Waals surface area (Å²) in [6.07, 6.45) is 0.219. The van der Waals surface area contributed by atoms with E-state index in [4.69, 9.17) is 18.9 Å². The van der Waals surface area contributed by atoms with Gasteiger partial charge in [-0.15, -0.1) is 0 Å². The Hall–Kier alpha value is -5.13. The number of allylic oxidation sites excluding steroid dienone is 1. The number of fused-ring (bicyclic) bond motifs is 5. The lowest BCUT2D eigenvalue weighted by molar-refractivity contribution is -0.145. The maximum Gasteiger partial charge on any atom is 0.437 e. The van der Waals surface area contributed by atoms with E-state index in [1.165, 1.54) is 31.1 Å². The zero-order valence-corrected chi connectivity index (χ0v) is 37.9. The number of alkyl carbamates (subject to hydrolysis) is 1. The van der Waals surface area contributed by atoms with Crippen LogP contribution in [-0.4, -0.2) is 121 Å². The van der Waals surface area contributed by atoms with Crippen molar-refractivity contribution < 1.29 is 59.7 Å². The van der Waals surface area contributed by atoms with Crippen molar-refractivity contribution in [3.63, 3.8) is 0 Å². The number of ether oxygens (including phenoxy) is 4. The molecule has 6 aliphatic rings. The van der Waals surface area contributed by atoms with Crippen LogP contribution < -0.4 is 24.8 Å². The number of halogens is 3. The summed E-state index contributed by atoms with van der Waals surface area (Å²) in [5, 5.41) is 5.78. The molecular weight excluding hydrogens is 874 g/mol. The number of hydrogen-bond acceptors (Lipinski definition) is 12. The molecule has 5 heterocycles. The lowest BCUT2D eigenvalue weighted by Gasteiger charge is -2.45. The Morgan fingerprint density at radius 1 is 1.05 bits per heavy atom.